The molecule has 1 heterocycles. The first-order valence-electron chi connectivity index (χ1n) is 7.76. The third-order valence-electron chi connectivity index (χ3n) is 5.07. The van der Waals surface area contributed by atoms with Crippen molar-refractivity contribution in [3.63, 3.8) is 0 Å². The molecule has 1 aliphatic heterocycles. The number of hydrogen-bond donors (Lipinski definition) is 1. The number of aliphatic imine (C=N–C) groups is 1. The van der Waals surface area contributed by atoms with E-state index in [0.29, 0.717) is 11.5 Å². The van der Waals surface area contributed by atoms with Gasteiger partial charge in [-0.05, 0) is 50.2 Å². The van der Waals surface area contributed by atoms with Crippen molar-refractivity contribution in [2.24, 2.45) is 10.4 Å². The van der Waals surface area contributed by atoms with Gasteiger partial charge in [-0.1, -0.05) is 24.6 Å². The summed E-state index contributed by atoms with van der Waals surface area (Å²) in [6, 6.07) is 0.687. The maximum Gasteiger partial charge on any atom is 0.156 e. The Bertz CT molecular complexity index is 329. The predicted octanol–water partition coefficient (Wildman–Crippen LogP) is 3.91. The van der Waals surface area contributed by atoms with E-state index < -0.39 is 0 Å². The molecule has 0 radical (unpaired) electrons. The molecule has 0 unspecified atom stereocenters. The molecule has 0 saturated heterocycles. The first-order chi connectivity index (χ1) is 9.30. The van der Waals surface area contributed by atoms with Crippen molar-refractivity contribution >= 4 is 28.7 Å². The lowest BCUT2D eigenvalue weighted by Gasteiger charge is -2.34. The van der Waals surface area contributed by atoms with Crippen LogP contribution in [0.3, 0.4) is 0 Å². The van der Waals surface area contributed by atoms with E-state index in [9.17, 15) is 0 Å². The van der Waals surface area contributed by atoms with Crippen LogP contribution in [0.5, 0.6) is 0 Å². The van der Waals surface area contributed by atoms with Crippen molar-refractivity contribution in [1.29, 1.82) is 0 Å². The van der Waals surface area contributed by atoms with E-state index in [2.05, 4.69) is 11.6 Å². The largest absolute Gasteiger partial charge is 0.362 e. The summed E-state index contributed by atoms with van der Waals surface area (Å²) in [7, 11) is 0. The van der Waals surface area contributed by atoms with Crippen LogP contribution in [0.4, 0.5) is 0 Å². The first-order valence-corrected chi connectivity index (χ1v) is 10.0. The summed E-state index contributed by atoms with van der Waals surface area (Å²) < 4.78 is 0. The molecule has 19 heavy (non-hydrogen) atoms. The Kier molecular flexibility index (Phi) is 4.68. The summed E-state index contributed by atoms with van der Waals surface area (Å²) >= 11 is 4.04. The smallest absolute Gasteiger partial charge is 0.156 e. The van der Waals surface area contributed by atoms with Crippen molar-refractivity contribution in [2.75, 3.05) is 18.6 Å². The van der Waals surface area contributed by atoms with Gasteiger partial charge in [0, 0.05) is 23.6 Å². The zero-order valence-electron chi connectivity index (χ0n) is 12.0. The van der Waals surface area contributed by atoms with Crippen LogP contribution < -0.4 is 5.32 Å². The highest BCUT2D eigenvalue weighted by Crippen LogP contribution is 2.43. The van der Waals surface area contributed by atoms with E-state index in [1.54, 1.807) is 0 Å². The minimum atomic E-state index is 0.576. The van der Waals surface area contributed by atoms with Gasteiger partial charge in [0.15, 0.2) is 5.17 Å². The Hall–Kier alpha value is 0.170. The van der Waals surface area contributed by atoms with E-state index in [4.69, 9.17) is 4.99 Å². The van der Waals surface area contributed by atoms with Crippen LogP contribution in [0.2, 0.25) is 0 Å². The second-order valence-corrected chi connectivity index (χ2v) is 8.57. The minimum absolute atomic E-state index is 0.576. The van der Waals surface area contributed by atoms with Crippen LogP contribution in [-0.4, -0.2) is 35.0 Å². The minimum Gasteiger partial charge on any atom is -0.362 e. The van der Waals surface area contributed by atoms with Gasteiger partial charge in [0.2, 0.25) is 0 Å². The van der Waals surface area contributed by atoms with Crippen LogP contribution in [0.15, 0.2) is 4.99 Å². The lowest BCUT2D eigenvalue weighted by molar-refractivity contribution is 0.356. The summed E-state index contributed by atoms with van der Waals surface area (Å²) in [5, 5.41) is 5.86. The van der Waals surface area contributed by atoms with Gasteiger partial charge in [0.1, 0.15) is 0 Å². The molecule has 0 aromatic rings. The Balaban J connectivity index is 1.47. The molecule has 2 nitrogen and oxygen atoms in total. The highest BCUT2D eigenvalue weighted by Gasteiger charge is 2.36. The number of thioether (sulfide) groups is 2. The van der Waals surface area contributed by atoms with E-state index in [1.807, 2.05) is 23.5 Å². The molecule has 2 saturated carbocycles. The standard InChI is InChI=1S/C15H26N2S2/c1-18-13-6-4-12(5-7-13)17-14-16-10-15(11-19-14)8-2-3-9-15/h12-13H,2-11H2,1H3,(H,16,17). The fourth-order valence-electron chi connectivity index (χ4n) is 3.68. The van der Waals surface area contributed by atoms with Gasteiger partial charge in [-0.25, -0.2) is 0 Å². The molecule has 0 bridgehead atoms. The molecule has 3 aliphatic rings. The first kappa shape index (κ1) is 14.1. The van der Waals surface area contributed by atoms with Crippen LogP contribution in [0.25, 0.3) is 0 Å². The van der Waals surface area contributed by atoms with E-state index in [0.717, 1.165) is 11.8 Å². The van der Waals surface area contributed by atoms with Crippen LogP contribution >= 0.6 is 23.5 Å². The van der Waals surface area contributed by atoms with Gasteiger partial charge in [-0.3, -0.25) is 4.99 Å². The molecule has 0 aromatic carbocycles. The highest BCUT2D eigenvalue weighted by atomic mass is 32.2. The van der Waals surface area contributed by atoms with E-state index >= 15 is 0 Å². The average Bonchev–Trinajstić information content (AvgIpc) is 2.91. The second kappa shape index (κ2) is 6.30. The van der Waals surface area contributed by atoms with Crippen LogP contribution in [0, 0.1) is 5.41 Å². The number of nitrogens with zero attached hydrogens (tertiary/aromatic N) is 1. The van der Waals surface area contributed by atoms with Crippen molar-refractivity contribution < 1.29 is 0 Å². The quantitative estimate of drug-likeness (QED) is 0.836. The summed E-state index contributed by atoms with van der Waals surface area (Å²) in [5.41, 5.74) is 0.576. The fraction of sp³-hybridized carbons (Fsp3) is 0.933. The number of nitrogens with one attached hydrogen (secondary N) is 1. The van der Waals surface area contributed by atoms with Gasteiger partial charge < -0.3 is 5.32 Å². The maximum absolute atomic E-state index is 4.86. The highest BCUT2D eigenvalue weighted by molar-refractivity contribution is 8.13. The van der Waals surface area contributed by atoms with Gasteiger partial charge in [-0.15, -0.1) is 0 Å². The zero-order chi connectivity index (χ0) is 13.1. The Morgan fingerprint density at radius 2 is 1.95 bits per heavy atom. The van der Waals surface area contributed by atoms with Crippen LogP contribution in [-0.2, 0) is 0 Å². The van der Waals surface area contributed by atoms with Crippen molar-refractivity contribution in [1.82, 2.24) is 5.32 Å². The lowest BCUT2D eigenvalue weighted by Crippen LogP contribution is -2.40. The van der Waals surface area contributed by atoms with Crippen molar-refractivity contribution in [2.45, 2.75) is 62.7 Å². The molecule has 1 N–H and O–H groups in total. The molecule has 2 fully saturated rings. The van der Waals surface area contributed by atoms with Gasteiger partial charge in [0.25, 0.3) is 0 Å². The second-order valence-electron chi connectivity index (χ2n) is 6.47. The topological polar surface area (TPSA) is 24.4 Å². The predicted molar refractivity (Wildman–Crippen MR) is 88.4 cm³/mol. The van der Waals surface area contributed by atoms with Crippen molar-refractivity contribution in [3.8, 4) is 0 Å². The van der Waals surface area contributed by atoms with Gasteiger partial charge >= 0.3 is 0 Å². The fourth-order valence-corrected chi connectivity index (χ4v) is 5.66. The maximum atomic E-state index is 4.86. The zero-order valence-corrected chi connectivity index (χ0v) is 13.6. The Labute approximate surface area is 126 Å². The molecule has 3 rings (SSSR count). The van der Waals surface area contributed by atoms with Crippen molar-refractivity contribution in [3.05, 3.63) is 0 Å². The third-order valence-corrected chi connectivity index (χ3v) is 7.49. The molecule has 0 amide bonds. The summed E-state index contributed by atoms with van der Waals surface area (Å²) in [6.45, 7) is 1.09. The van der Waals surface area contributed by atoms with Gasteiger partial charge in [0.05, 0.1) is 0 Å². The molecule has 0 aromatic heterocycles. The van der Waals surface area contributed by atoms with E-state index in [-0.39, 0.29) is 0 Å². The normalized spacial score (nSPS) is 34.3. The average molecular weight is 299 g/mol. The number of amidine groups is 1. The Morgan fingerprint density at radius 3 is 2.53 bits per heavy atom. The number of rotatable bonds is 2. The molecule has 108 valence electrons. The molecule has 2 aliphatic carbocycles. The van der Waals surface area contributed by atoms with Gasteiger partial charge in [-0.2, -0.15) is 11.8 Å². The van der Waals surface area contributed by atoms with Crippen LogP contribution in [0.1, 0.15) is 51.4 Å². The number of hydrogen-bond acceptors (Lipinski definition) is 4. The monoisotopic (exact) mass is 298 g/mol. The molecule has 1 spiro atoms. The van der Waals surface area contributed by atoms with E-state index in [1.165, 1.54) is 62.3 Å². The molecular weight excluding hydrogens is 272 g/mol. The SMILES string of the molecule is CSC1CCC(NC2=NCC3(CCCC3)CS2)CC1. The molecule has 4 heteroatoms. The summed E-state index contributed by atoms with van der Waals surface area (Å²) in [5.74, 6) is 1.30. The summed E-state index contributed by atoms with van der Waals surface area (Å²) in [6.07, 6.45) is 13.3. The third kappa shape index (κ3) is 3.44. The lowest BCUT2D eigenvalue weighted by atomic mass is 9.89. The summed E-state index contributed by atoms with van der Waals surface area (Å²) in [4.78, 5) is 4.86. The Morgan fingerprint density at radius 1 is 1.21 bits per heavy atom. The molecular formula is C15H26N2S2. The molecule has 0 atom stereocenters.